The Bertz CT molecular complexity index is 1340. The van der Waals surface area contributed by atoms with Gasteiger partial charge in [-0.3, -0.25) is 0 Å². The Labute approximate surface area is 210 Å². The van der Waals surface area contributed by atoms with Gasteiger partial charge in [0.2, 0.25) is 0 Å². The second-order valence-corrected chi connectivity index (χ2v) is 8.59. The zero-order chi connectivity index (χ0) is 26.7. The summed E-state index contributed by atoms with van der Waals surface area (Å²) in [4.78, 5) is 16.8. The minimum absolute atomic E-state index is 0.0581. The number of carbonyl (C=O) groups excluding carboxylic acids is 1. The molecule has 1 aliphatic carbocycles. The van der Waals surface area contributed by atoms with Crippen molar-refractivity contribution in [3.05, 3.63) is 93.8 Å². The number of aromatic nitrogens is 1. The number of pyridine rings is 1. The van der Waals surface area contributed by atoms with Crippen molar-refractivity contribution in [3.63, 3.8) is 0 Å². The van der Waals surface area contributed by atoms with Crippen molar-refractivity contribution in [2.75, 3.05) is 6.61 Å². The smallest absolute Gasteiger partial charge is 0.416 e. The molecule has 1 aromatic heterocycles. The molecule has 0 bridgehead atoms. The number of allylic oxidation sites excluding steroid dienone is 2. The van der Waals surface area contributed by atoms with Crippen LogP contribution in [0, 0.1) is 18.6 Å². The van der Waals surface area contributed by atoms with Crippen molar-refractivity contribution in [3.8, 4) is 5.75 Å². The highest BCUT2D eigenvalue weighted by molar-refractivity contribution is 5.95. The van der Waals surface area contributed by atoms with Crippen LogP contribution >= 0.6 is 0 Å². The van der Waals surface area contributed by atoms with Crippen LogP contribution < -0.4 is 4.74 Å². The van der Waals surface area contributed by atoms with Gasteiger partial charge >= 0.3 is 12.1 Å². The van der Waals surface area contributed by atoms with Gasteiger partial charge < -0.3 is 9.47 Å². The molecule has 1 aliphatic rings. The topological polar surface area (TPSA) is 48.4 Å². The van der Waals surface area contributed by atoms with E-state index in [9.17, 15) is 26.7 Å². The van der Waals surface area contributed by atoms with E-state index >= 15 is 0 Å². The Morgan fingerprint density at radius 2 is 1.70 bits per heavy atom. The van der Waals surface area contributed by atoms with Gasteiger partial charge in [0.1, 0.15) is 24.0 Å². The fourth-order valence-corrected chi connectivity index (χ4v) is 4.31. The number of alkyl halides is 3. The fourth-order valence-electron chi connectivity index (χ4n) is 4.31. The summed E-state index contributed by atoms with van der Waals surface area (Å²) in [5.41, 5.74) is 1.39. The molecule has 4 nitrogen and oxygen atoms in total. The van der Waals surface area contributed by atoms with Crippen molar-refractivity contribution in [2.45, 2.75) is 45.9 Å². The number of hydrogen-bond acceptors (Lipinski definition) is 4. The molecule has 194 valence electrons. The number of esters is 1. The quantitative estimate of drug-likeness (QED) is 0.240. The van der Waals surface area contributed by atoms with E-state index in [1.165, 1.54) is 6.07 Å². The van der Waals surface area contributed by atoms with E-state index in [4.69, 9.17) is 9.47 Å². The molecule has 0 saturated carbocycles. The van der Waals surface area contributed by atoms with E-state index in [-0.39, 0.29) is 29.2 Å². The summed E-state index contributed by atoms with van der Waals surface area (Å²) in [5.74, 6) is -2.16. The summed E-state index contributed by atoms with van der Waals surface area (Å²) in [7, 11) is 0. The van der Waals surface area contributed by atoms with Crippen LogP contribution in [0.5, 0.6) is 5.75 Å². The van der Waals surface area contributed by atoms with E-state index in [1.54, 1.807) is 26.0 Å². The second-order valence-electron chi connectivity index (χ2n) is 8.59. The van der Waals surface area contributed by atoms with Crippen LogP contribution in [0.4, 0.5) is 22.0 Å². The monoisotopic (exact) mass is 517 g/mol. The molecule has 0 atom stereocenters. The molecule has 37 heavy (non-hydrogen) atoms. The third-order valence-electron chi connectivity index (χ3n) is 6.16. The van der Waals surface area contributed by atoms with Crippen LogP contribution in [0.1, 0.15) is 64.6 Å². The third-order valence-corrected chi connectivity index (χ3v) is 6.16. The SMILES string of the molecule is CCOC(=O)c1nc(C2=C(c3cc(C(F)(F)F)ccc3OCc3c(F)cccc3F)CCC2)ccc1C. The molecule has 0 radical (unpaired) electrons. The summed E-state index contributed by atoms with van der Waals surface area (Å²) in [6.07, 6.45) is -3.01. The van der Waals surface area contributed by atoms with Gasteiger partial charge in [-0.05, 0) is 86.2 Å². The molecule has 0 aliphatic heterocycles. The Kier molecular flexibility index (Phi) is 7.61. The van der Waals surface area contributed by atoms with Gasteiger partial charge in [-0.15, -0.1) is 0 Å². The van der Waals surface area contributed by atoms with Crippen LogP contribution in [0.25, 0.3) is 11.1 Å². The first-order valence-electron chi connectivity index (χ1n) is 11.7. The highest BCUT2D eigenvalue weighted by Gasteiger charge is 2.33. The van der Waals surface area contributed by atoms with Gasteiger partial charge in [-0.1, -0.05) is 12.1 Å². The molecular formula is C28H24F5NO3. The summed E-state index contributed by atoms with van der Waals surface area (Å²) in [6.45, 7) is 3.06. The first-order chi connectivity index (χ1) is 17.6. The van der Waals surface area contributed by atoms with Crippen molar-refractivity contribution in [1.29, 1.82) is 0 Å². The highest BCUT2D eigenvalue weighted by atomic mass is 19.4. The second kappa shape index (κ2) is 10.7. The summed E-state index contributed by atoms with van der Waals surface area (Å²) in [5, 5.41) is 0. The Morgan fingerprint density at radius 3 is 2.38 bits per heavy atom. The normalized spacial score (nSPS) is 13.7. The van der Waals surface area contributed by atoms with E-state index in [0.29, 0.717) is 41.7 Å². The zero-order valence-electron chi connectivity index (χ0n) is 20.2. The lowest BCUT2D eigenvalue weighted by Gasteiger charge is -2.17. The minimum Gasteiger partial charge on any atom is -0.488 e. The molecule has 0 saturated heterocycles. The standard InChI is InChI=1S/C28H24F5NO3/c1-3-36-27(35)26-16(2)10-12-24(34-26)19-7-4-6-18(19)20-14-17(28(31,32)33)11-13-25(20)37-15-21-22(29)8-5-9-23(21)30/h5,8-14H,3-4,6-7,15H2,1-2H3. The number of hydrogen-bond donors (Lipinski definition) is 0. The van der Waals surface area contributed by atoms with Gasteiger partial charge in [-0.2, -0.15) is 13.2 Å². The predicted octanol–water partition coefficient (Wildman–Crippen LogP) is 7.54. The average Bonchev–Trinajstić information content (AvgIpc) is 3.33. The van der Waals surface area contributed by atoms with Crippen molar-refractivity contribution < 1.29 is 36.2 Å². The average molecular weight is 517 g/mol. The van der Waals surface area contributed by atoms with Crippen LogP contribution in [-0.2, 0) is 17.5 Å². The summed E-state index contributed by atoms with van der Waals surface area (Å²) >= 11 is 0. The fraction of sp³-hybridized carbons (Fsp3) is 0.286. The largest absolute Gasteiger partial charge is 0.488 e. The van der Waals surface area contributed by atoms with E-state index in [0.717, 1.165) is 30.3 Å². The lowest BCUT2D eigenvalue weighted by atomic mass is 9.96. The lowest BCUT2D eigenvalue weighted by Crippen LogP contribution is -2.10. The van der Waals surface area contributed by atoms with Gasteiger partial charge in [-0.25, -0.2) is 18.6 Å². The van der Waals surface area contributed by atoms with Crippen LogP contribution in [0.2, 0.25) is 0 Å². The predicted molar refractivity (Wildman–Crippen MR) is 128 cm³/mol. The van der Waals surface area contributed by atoms with E-state index < -0.39 is 36.0 Å². The van der Waals surface area contributed by atoms with Crippen molar-refractivity contribution in [1.82, 2.24) is 4.98 Å². The number of benzene rings is 2. The van der Waals surface area contributed by atoms with Crippen LogP contribution in [-0.4, -0.2) is 17.6 Å². The number of aryl methyl sites for hydroxylation is 1. The number of halogens is 5. The van der Waals surface area contributed by atoms with E-state index in [1.807, 2.05) is 0 Å². The summed E-state index contributed by atoms with van der Waals surface area (Å²) < 4.78 is 79.8. The van der Waals surface area contributed by atoms with Gasteiger partial charge in [0.25, 0.3) is 0 Å². The van der Waals surface area contributed by atoms with E-state index in [2.05, 4.69) is 4.98 Å². The molecule has 1 heterocycles. The first kappa shape index (κ1) is 26.3. The van der Waals surface area contributed by atoms with Crippen molar-refractivity contribution >= 4 is 17.1 Å². The number of nitrogens with zero attached hydrogens (tertiary/aromatic N) is 1. The van der Waals surface area contributed by atoms with Crippen LogP contribution in [0.3, 0.4) is 0 Å². The zero-order valence-corrected chi connectivity index (χ0v) is 20.2. The minimum atomic E-state index is -4.61. The maximum Gasteiger partial charge on any atom is 0.416 e. The molecule has 0 fully saturated rings. The molecule has 0 N–H and O–H groups in total. The molecule has 2 aromatic carbocycles. The number of ether oxygens (including phenoxy) is 2. The molecule has 4 rings (SSSR count). The Morgan fingerprint density at radius 1 is 1.00 bits per heavy atom. The van der Waals surface area contributed by atoms with Gasteiger partial charge in [0.15, 0.2) is 5.69 Å². The molecule has 9 heteroatoms. The van der Waals surface area contributed by atoms with Gasteiger partial charge in [0.05, 0.1) is 23.4 Å². The Balaban J connectivity index is 1.80. The Hall–Kier alpha value is -3.75. The third kappa shape index (κ3) is 5.65. The maximum atomic E-state index is 14.1. The lowest BCUT2D eigenvalue weighted by molar-refractivity contribution is -0.137. The maximum absolute atomic E-state index is 14.1. The summed E-state index contributed by atoms with van der Waals surface area (Å²) in [6, 6.07) is 9.81. The molecule has 0 spiro atoms. The molecule has 0 amide bonds. The highest BCUT2D eigenvalue weighted by Crippen LogP contribution is 2.44. The molecular weight excluding hydrogens is 493 g/mol. The van der Waals surface area contributed by atoms with Crippen LogP contribution in [0.15, 0.2) is 48.5 Å². The number of rotatable bonds is 7. The number of carbonyl (C=O) groups is 1. The first-order valence-corrected chi connectivity index (χ1v) is 11.7. The molecule has 0 unspecified atom stereocenters. The van der Waals surface area contributed by atoms with Crippen molar-refractivity contribution in [2.24, 2.45) is 0 Å². The van der Waals surface area contributed by atoms with Gasteiger partial charge in [0, 0.05) is 5.56 Å². The molecule has 3 aromatic rings.